The van der Waals surface area contributed by atoms with Gasteiger partial charge in [-0.3, -0.25) is 15.0 Å². The molecule has 0 fully saturated rings. The van der Waals surface area contributed by atoms with Gasteiger partial charge in [0, 0.05) is 68.0 Å². The number of non-ortho nitro benzene ring substituents is 1. The van der Waals surface area contributed by atoms with Crippen molar-refractivity contribution in [2.45, 2.75) is 6.42 Å². The van der Waals surface area contributed by atoms with Crippen LogP contribution < -0.4 is 4.90 Å². The Morgan fingerprint density at radius 3 is 2.44 bits per heavy atom. The summed E-state index contributed by atoms with van der Waals surface area (Å²) < 4.78 is 5.35. The van der Waals surface area contributed by atoms with Crippen molar-refractivity contribution >= 4 is 40.5 Å². The number of nitro benzene ring substituents is 1. The Morgan fingerprint density at radius 2 is 1.85 bits per heavy atom. The Hall–Kier alpha value is -2.09. The summed E-state index contributed by atoms with van der Waals surface area (Å²) in [5.41, 5.74) is 1.25. The highest BCUT2D eigenvalue weighted by molar-refractivity contribution is 6.18. The molecule has 0 saturated carbocycles. The fourth-order valence-electron chi connectivity index (χ4n) is 2.53. The first kappa shape index (κ1) is 21.2. The van der Waals surface area contributed by atoms with Gasteiger partial charge in [0.2, 0.25) is 0 Å². The summed E-state index contributed by atoms with van der Waals surface area (Å²) in [4.78, 5) is 26.4. The average Bonchev–Trinajstić information content (AvgIpc) is 2.68. The monoisotopic (exact) mass is 413 g/mol. The van der Waals surface area contributed by atoms with Gasteiger partial charge in [0.1, 0.15) is 6.61 Å². The molecule has 1 heterocycles. The molecular weight excluding hydrogens is 393 g/mol. The van der Waals surface area contributed by atoms with Crippen LogP contribution in [0.5, 0.6) is 0 Å². The lowest BCUT2D eigenvalue weighted by Crippen LogP contribution is -2.32. The molecular formula is C18H21Cl2N3O4. The first-order chi connectivity index (χ1) is 13.0. The summed E-state index contributed by atoms with van der Waals surface area (Å²) in [6.45, 7) is 2.20. The molecule has 1 aliphatic rings. The van der Waals surface area contributed by atoms with Crippen LogP contribution in [0.2, 0.25) is 0 Å². The zero-order chi connectivity index (χ0) is 19.6. The van der Waals surface area contributed by atoms with Crippen LogP contribution >= 0.6 is 23.2 Å². The van der Waals surface area contributed by atoms with Crippen LogP contribution in [0, 0.1) is 10.1 Å². The number of esters is 1. The van der Waals surface area contributed by atoms with Crippen molar-refractivity contribution in [3.05, 3.63) is 58.4 Å². The third-order valence-corrected chi connectivity index (χ3v) is 4.30. The van der Waals surface area contributed by atoms with Crippen LogP contribution in [0.3, 0.4) is 0 Å². The lowest BCUT2D eigenvalue weighted by molar-refractivity contribution is -0.384. The molecule has 0 spiro atoms. The third kappa shape index (κ3) is 6.53. The number of nitro groups is 1. The van der Waals surface area contributed by atoms with E-state index >= 15 is 0 Å². The van der Waals surface area contributed by atoms with Crippen molar-refractivity contribution in [2.24, 2.45) is 0 Å². The second-order valence-electron chi connectivity index (χ2n) is 5.78. The normalized spacial score (nSPS) is 13.6. The predicted molar refractivity (Wildman–Crippen MR) is 106 cm³/mol. The zero-order valence-corrected chi connectivity index (χ0v) is 16.2. The molecule has 0 radical (unpaired) electrons. The lowest BCUT2D eigenvalue weighted by atomic mass is 10.1. The van der Waals surface area contributed by atoms with Crippen molar-refractivity contribution in [1.29, 1.82) is 0 Å². The summed E-state index contributed by atoms with van der Waals surface area (Å²) in [5.74, 6) is 0.596. The minimum atomic E-state index is -0.452. The molecule has 0 atom stereocenters. The zero-order valence-electron chi connectivity index (χ0n) is 14.7. The van der Waals surface area contributed by atoms with E-state index in [2.05, 4.69) is 0 Å². The van der Waals surface area contributed by atoms with Gasteiger partial charge in [0.15, 0.2) is 0 Å². The summed E-state index contributed by atoms with van der Waals surface area (Å²) in [6, 6.07) is 6.10. The molecule has 27 heavy (non-hydrogen) atoms. The van der Waals surface area contributed by atoms with Gasteiger partial charge in [0.05, 0.1) is 10.5 Å². The van der Waals surface area contributed by atoms with E-state index in [-0.39, 0.29) is 18.3 Å². The minimum absolute atomic E-state index is 0.0156. The van der Waals surface area contributed by atoms with Crippen LogP contribution in [0.4, 0.5) is 11.4 Å². The number of benzene rings is 1. The number of halogens is 2. The highest BCUT2D eigenvalue weighted by atomic mass is 35.5. The molecule has 0 saturated heterocycles. The highest BCUT2D eigenvalue weighted by Crippen LogP contribution is 2.24. The number of hydrogen-bond donors (Lipinski definition) is 0. The summed E-state index contributed by atoms with van der Waals surface area (Å²) in [7, 11) is 0. The molecule has 0 amide bonds. The van der Waals surface area contributed by atoms with Crippen LogP contribution in [-0.2, 0) is 9.53 Å². The second kappa shape index (κ2) is 10.9. The molecule has 9 heteroatoms. The van der Waals surface area contributed by atoms with E-state index in [1.165, 1.54) is 12.1 Å². The number of carbonyl (C=O) groups excluding carboxylic acids is 1. The first-order valence-corrected chi connectivity index (χ1v) is 9.53. The van der Waals surface area contributed by atoms with Gasteiger partial charge in [-0.05, 0) is 12.1 Å². The van der Waals surface area contributed by atoms with E-state index in [1.54, 1.807) is 29.4 Å². The Labute approximate surface area is 167 Å². The van der Waals surface area contributed by atoms with Crippen molar-refractivity contribution in [2.75, 3.05) is 42.9 Å². The number of ether oxygens (including phenoxy) is 1. The number of carbonyl (C=O) groups is 1. The topological polar surface area (TPSA) is 75.9 Å². The fraction of sp³-hybridized carbons (Fsp3) is 0.389. The third-order valence-electron chi connectivity index (χ3n) is 3.96. The highest BCUT2D eigenvalue weighted by Gasteiger charge is 2.16. The number of allylic oxidation sites excluding steroid dienone is 1. The van der Waals surface area contributed by atoms with Crippen LogP contribution in [0.1, 0.15) is 6.42 Å². The van der Waals surface area contributed by atoms with Gasteiger partial charge in [-0.25, -0.2) is 4.79 Å². The average molecular weight is 414 g/mol. The lowest BCUT2D eigenvalue weighted by Gasteiger charge is -2.22. The SMILES string of the molecule is O=C(OCCN(CCCl)CCCl)C1=CN(c2ccc([N+](=O)[O-])cc2)C=CC1. The molecule has 0 aromatic heterocycles. The maximum Gasteiger partial charge on any atom is 0.335 e. The van der Waals surface area contributed by atoms with Gasteiger partial charge in [-0.2, -0.15) is 0 Å². The van der Waals surface area contributed by atoms with Crippen molar-refractivity contribution in [1.82, 2.24) is 4.90 Å². The molecule has 0 unspecified atom stereocenters. The maximum atomic E-state index is 12.3. The van der Waals surface area contributed by atoms with Crippen LogP contribution in [-0.4, -0.2) is 53.8 Å². The van der Waals surface area contributed by atoms with Crippen molar-refractivity contribution < 1.29 is 14.5 Å². The maximum absolute atomic E-state index is 12.3. The molecule has 1 aromatic rings. The van der Waals surface area contributed by atoms with E-state index < -0.39 is 4.92 Å². The van der Waals surface area contributed by atoms with Crippen LogP contribution in [0.25, 0.3) is 0 Å². The second-order valence-corrected chi connectivity index (χ2v) is 6.54. The summed E-state index contributed by atoms with van der Waals surface area (Å²) >= 11 is 11.5. The standard InChI is InChI=1S/C18H21Cl2N3O4/c19-7-10-21(11-8-20)12-13-27-18(24)15-2-1-9-22(14-15)16-3-5-17(6-4-16)23(25)26/h1,3-6,9,14H,2,7-8,10-13H2. The Morgan fingerprint density at radius 1 is 1.19 bits per heavy atom. The number of rotatable bonds is 10. The molecule has 0 N–H and O–H groups in total. The fourth-order valence-corrected chi connectivity index (χ4v) is 3.01. The van der Waals surface area contributed by atoms with E-state index in [0.717, 1.165) is 5.69 Å². The predicted octanol–water partition coefficient (Wildman–Crippen LogP) is 3.53. The van der Waals surface area contributed by atoms with Gasteiger partial charge < -0.3 is 9.64 Å². The van der Waals surface area contributed by atoms with Crippen LogP contribution in [0.15, 0.2) is 48.3 Å². The largest absolute Gasteiger partial charge is 0.461 e. The van der Waals surface area contributed by atoms with Crippen molar-refractivity contribution in [3.63, 3.8) is 0 Å². The number of alkyl halides is 2. The number of anilines is 1. The van der Waals surface area contributed by atoms with E-state index in [4.69, 9.17) is 27.9 Å². The Balaban J connectivity index is 1.93. The van der Waals surface area contributed by atoms with Gasteiger partial charge in [-0.1, -0.05) is 6.08 Å². The Kier molecular flexibility index (Phi) is 8.57. The first-order valence-electron chi connectivity index (χ1n) is 8.46. The molecule has 7 nitrogen and oxygen atoms in total. The van der Waals surface area contributed by atoms with Gasteiger partial charge >= 0.3 is 5.97 Å². The van der Waals surface area contributed by atoms with Gasteiger partial charge in [-0.15, -0.1) is 23.2 Å². The quantitative estimate of drug-likeness (QED) is 0.252. The molecule has 146 valence electrons. The molecule has 1 aromatic carbocycles. The molecule has 0 aliphatic carbocycles. The Bertz CT molecular complexity index is 701. The van der Waals surface area contributed by atoms with E-state index in [9.17, 15) is 14.9 Å². The van der Waals surface area contributed by atoms with Crippen molar-refractivity contribution in [3.8, 4) is 0 Å². The smallest absolute Gasteiger partial charge is 0.335 e. The molecule has 2 rings (SSSR count). The summed E-state index contributed by atoms with van der Waals surface area (Å²) in [6.07, 6.45) is 5.79. The summed E-state index contributed by atoms with van der Waals surface area (Å²) in [5, 5.41) is 10.7. The van der Waals surface area contributed by atoms with E-state index in [0.29, 0.717) is 43.4 Å². The molecule has 1 aliphatic heterocycles. The minimum Gasteiger partial charge on any atom is -0.461 e. The van der Waals surface area contributed by atoms with E-state index in [1.807, 2.05) is 11.0 Å². The number of hydrogen-bond acceptors (Lipinski definition) is 6. The number of nitrogens with zero attached hydrogens (tertiary/aromatic N) is 3. The molecule has 0 bridgehead atoms. The van der Waals surface area contributed by atoms with Gasteiger partial charge in [0.25, 0.3) is 5.69 Å².